The van der Waals surface area contributed by atoms with Crippen LogP contribution in [0.4, 0.5) is 0 Å². The number of fused-ring (bicyclic) bond motifs is 1. The first-order chi connectivity index (χ1) is 14.8. The van der Waals surface area contributed by atoms with Gasteiger partial charge in [-0.05, 0) is 32.0 Å². The molecule has 3 amide bonds. The molecule has 0 spiro atoms. The van der Waals surface area contributed by atoms with E-state index in [9.17, 15) is 14.4 Å². The molecule has 8 nitrogen and oxygen atoms in total. The summed E-state index contributed by atoms with van der Waals surface area (Å²) >= 11 is 1.59. The second-order valence-corrected chi connectivity index (χ2v) is 9.06. The molecule has 0 unspecified atom stereocenters. The van der Waals surface area contributed by atoms with E-state index in [1.807, 2.05) is 5.38 Å². The van der Waals surface area contributed by atoms with E-state index in [1.54, 1.807) is 49.3 Å². The van der Waals surface area contributed by atoms with Crippen molar-refractivity contribution in [1.29, 1.82) is 0 Å². The van der Waals surface area contributed by atoms with Crippen molar-refractivity contribution in [2.24, 2.45) is 0 Å². The van der Waals surface area contributed by atoms with Crippen LogP contribution in [-0.2, 0) is 17.8 Å². The number of nitrogens with zero attached hydrogens (tertiary/aromatic N) is 4. The van der Waals surface area contributed by atoms with Crippen LogP contribution in [0.2, 0.25) is 0 Å². The number of aromatic nitrogens is 1. The van der Waals surface area contributed by atoms with E-state index in [0.29, 0.717) is 23.2 Å². The SMILES string of the molecule is CC(C)N1C(=O)c2ccc(C(=O)N(C)Cc3csc(CN4CCOCC4)n3)cc2C1=O. The number of imide groups is 1. The molecule has 0 N–H and O–H groups in total. The summed E-state index contributed by atoms with van der Waals surface area (Å²) < 4.78 is 5.38. The zero-order chi connectivity index (χ0) is 22.1. The van der Waals surface area contributed by atoms with Gasteiger partial charge in [-0.15, -0.1) is 11.3 Å². The monoisotopic (exact) mass is 442 g/mol. The van der Waals surface area contributed by atoms with Gasteiger partial charge in [0, 0.05) is 37.1 Å². The number of rotatable bonds is 6. The summed E-state index contributed by atoms with van der Waals surface area (Å²) in [6.45, 7) is 8.06. The van der Waals surface area contributed by atoms with Gasteiger partial charge in [-0.2, -0.15) is 0 Å². The number of amides is 3. The lowest BCUT2D eigenvalue weighted by atomic mass is 10.0. The van der Waals surface area contributed by atoms with Gasteiger partial charge in [0.2, 0.25) is 0 Å². The van der Waals surface area contributed by atoms with Crippen LogP contribution >= 0.6 is 11.3 Å². The van der Waals surface area contributed by atoms with E-state index in [1.165, 1.54) is 11.0 Å². The molecule has 0 bridgehead atoms. The van der Waals surface area contributed by atoms with Crippen molar-refractivity contribution in [2.45, 2.75) is 33.0 Å². The van der Waals surface area contributed by atoms with E-state index < -0.39 is 0 Å². The molecule has 9 heteroatoms. The third-order valence-corrected chi connectivity index (χ3v) is 6.37. The van der Waals surface area contributed by atoms with Crippen molar-refractivity contribution < 1.29 is 19.1 Å². The Kier molecular flexibility index (Phi) is 6.17. The van der Waals surface area contributed by atoms with Crippen LogP contribution in [0.25, 0.3) is 0 Å². The molecule has 164 valence electrons. The molecule has 31 heavy (non-hydrogen) atoms. The number of morpholine rings is 1. The van der Waals surface area contributed by atoms with Crippen LogP contribution in [0.1, 0.15) is 55.6 Å². The summed E-state index contributed by atoms with van der Waals surface area (Å²) in [5.41, 5.74) is 1.86. The number of carbonyl (C=O) groups is 3. The van der Waals surface area contributed by atoms with Gasteiger partial charge in [-0.3, -0.25) is 24.2 Å². The topological polar surface area (TPSA) is 83.1 Å². The molecular weight excluding hydrogens is 416 g/mol. The zero-order valence-corrected chi connectivity index (χ0v) is 18.8. The Bertz CT molecular complexity index is 1010. The van der Waals surface area contributed by atoms with E-state index in [4.69, 9.17) is 4.74 Å². The highest BCUT2D eigenvalue weighted by atomic mass is 32.1. The molecule has 1 saturated heterocycles. The average Bonchev–Trinajstić information content (AvgIpc) is 3.29. The largest absolute Gasteiger partial charge is 0.379 e. The van der Waals surface area contributed by atoms with E-state index in [0.717, 1.165) is 43.5 Å². The lowest BCUT2D eigenvalue weighted by Crippen LogP contribution is -2.35. The maximum absolute atomic E-state index is 12.9. The number of hydrogen-bond acceptors (Lipinski definition) is 7. The minimum Gasteiger partial charge on any atom is -0.379 e. The van der Waals surface area contributed by atoms with Crippen molar-refractivity contribution in [3.63, 3.8) is 0 Å². The van der Waals surface area contributed by atoms with Crippen LogP contribution in [0.15, 0.2) is 23.6 Å². The maximum atomic E-state index is 12.9. The number of carbonyl (C=O) groups excluding carboxylic acids is 3. The minimum absolute atomic E-state index is 0.214. The molecule has 0 aliphatic carbocycles. The lowest BCUT2D eigenvalue weighted by molar-refractivity contribution is 0.0341. The molecule has 3 heterocycles. The van der Waals surface area contributed by atoms with Crippen LogP contribution in [0.5, 0.6) is 0 Å². The van der Waals surface area contributed by atoms with Gasteiger partial charge in [0.25, 0.3) is 17.7 Å². The molecule has 0 radical (unpaired) electrons. The Labute approximate surface area is 185 Å². The highest BCUT2D eigenvalue weighted by Crippen LogP contribution is 2.26. The number of ether oxygens (including phenoxy) is 1. The van der Waals surface area contributed by atoms with Crippen molar-refractivity contribution in [1.82, 2.24) is 19.7 Å². The lowest BCUT2D eigenvalue weighted by Gasteiger charge is -2.25. The molecule has 1 fully saturated rings. The summed E-state index contributed by atoms with van der Waals surface area (Å²) in [4.78, 5) is 47.8. The predicted octanol–water partition coefficient (Wildman–Crippen LogP) is 2.25. The molecule has 1 aromatic carbocycles. The van der Waals surface area contributed by atoms with Gasteiger partial charge in [-0.25, -0.2) is 4.98 Å². The van der Waals surface area contributed by atoms with Crippen LogP contribution in [0.3, 0.4) is 0 Å². The van der Waals surface area contributed by atoms with E-state index >= 15 is 0 Å². The van der Waals surface area contributed by atoms with Crippen molar-refractivity contribution in [2.75, 3.05) is 33.4 Å². The first-order valence-electron chi connectivity index (χ1n) is 10.4. The van der Waals surface area contributed by atoms with Gasteiger partial charge in [0.05, 0.1) is 43.1 Å². The molecule has 1 aromatic heterocycles. The van der Waals surface area contributed by atoms with Crippen molar-refractivity contribution in [3.05, 3.63) is 51.0 Å². The highest BCUT2D eigenvalue weighted by Gasteiger charge is 2.37. The van der Waals surface area contributed by atoms with Crippen molar-refractivity contribution >= 4 is 29.1 Å². The van der Waals surface area contributed by atoms with Gasteiger partial charge in [-0.1, -0.05) is 0 Å². The Balaban J connectivity index is 1.42. The number of hydrogen-bond donors (Lipinski definition) is 0. The summed E-state index contributed by atoms with van der Waals surface area (Å²) in [5, 5.41) is 3.00. The van der Waals surface area contributed by atoms with Crippen LogP contribution in [-0.4, -0.2) is 76.8 Å². The molecular formula is C22H26N4O4S. The van der Waals surface area contributed by atoms with Gasteiger partial charge < -0.3 is 9.64 Å². The molecule has 2 aliphatic heterocycles. The first-order valence-corrected chi connectivity index (χ1v) is 11.2. The smallest absolute Gasteiger partial charge is 0.261 e. The fourth-order valence-electron chi connectivity index (χ4n) is 3.84. The second kappa shape index (κ2) is 8.86. The highest BCUT2D eigenvalue weighted by molar-refractivity contribution is 7.09. The summed E-state index contributed by atoms with van der Waals surface area (Å²) in [6, 6.07) is 4.48. The van der Waals surface area contributed by atoms with E-state index in [-0.39, 0.29) is 23.8 Å². The summed E-state index contributed by atoms with van der Waals surface area (Å²) in [6.07, 6.45) is 0. The Hall–Kier alpha value is -2.62. The quantitative estimate of drug-likeness (QED) is 0.638. The molecule has 2 aliphatic rings. The predicted molar refractivity (Wildman–Crippen MR) is 116 cm³/mol. The van der Waals surface area contributed by atoms with Crippen LogP contribution in [0, 0.1) is 0 Å². The maximum Gasteiger partial charge on any atom is 0.261 e. The molecule has 0 atom stereocenters. The Morgan fingerprint density at radius 2 is 1.90 bits per heavy atom. The Morgan fingerprint density at radius 3 is 2.61 bits per heavy atom. The minimum atomic E-state index is -0.348. The van der Waals surface area contributed by atoms with Crippen LogP contribution < -0.4 is 0 Å². The van der Waals surface area contributed by atoms with Crippen molar-refractivity contribution in [3.8, 4) is 0 Å². The molecule has 4 rings (SSSR count). The third kappa shape index (κ3) is 4.39. The fraction of sp³-hybridized carbons (Fsp3) is 0.455. The summed E-state index contributed by atoms with van der Waals surface area (Å²) in [7, 11) is 1.71. The standard InChI is InChI=1S/C22H26N4O4S/c1-14(2)26-21(28)17-5-4-15(10-18(17)22(26)29)20(27)24(3)11-16-13-31-19(23-16)12-25-6-8-30-9-7-25/h4-5,10,13-14H,6-9,11-12H2,1-3H3. The molecule has 0 saturated carbocycles. The second-order valence-electron chi connectivity index (χ2n) is 8.12. The normalized spacial score (nSPS) is 16.8. The number of benzene rings is 1. The first kappa shape index (κ1) is 21.6. The van der Waals surface area contributed by atoms with Gasteiger partial charge in [0.1, 0.15) is 5.01 Å². The van der Waals surface area contributed by atoms with Gasteiger partial charge in [0.15, 0.2) is 0 Å². The third-order valence-electron chi connectivity index (χ3n) is 5.49. The molecule has 2 aromatic rings. The fourth-order valence-corrected chi connectivity index (χ4v) is 4.67. The summed E-state index contributed by atoms with van der Waals surface area (Å²) in [5.74, 6) is -0.869. The average molecular weight is 443 g/mol. The number of thiazole rings is 1. The zero-order valence-electron chi connectivity index (χ0n) is 18.0. The Morgan fingerprint density at radius 1 is 1.19 bits per heavy atom. The van der Waals surface area contributed by atoms with E-state index in [2.05, 4.69) is 9.88 Å². The van der Waals surface area contributed by atoms with Gasteiger partial charge >= 0.3 is 0 Å².